The van der Waals surface area contributed by atoms with Gasteiger partial charge in [0.1, 0.15) is 23.9 Å². The number of unbranched alkanes of at least 4 members (excludes halogenated alkanes) is 1. The number of sulfonamides is 1. The van der Waals surface area contributed by atoms with E-state index >= 15 is 0 Å². The first kappa shape index (κ1) is 29.8. The van der Waals surface area contributed by atoms with E-state index in [1.54, 1.807) is 56.6 Å². The number of nitrogens with two attached hydrogens (primary N) is 1. The minimum Gasteiger partial charge on any atom is -0.493 e. The number of anilines is 1. The topological polar surface area (TPSA) is 127 Å². The summed E-state index contributed by atoms with van der Waals surface area (Å²) >= 11 is 0. The molecule has 0 aliphatic heterocycles. The lowest BCUT2D eigenvalue weighted by Gasteiger charge is -2.15. The van der Waals surface area contributed by atoms with Gasteiger partial charge in [-0.3, -0.25) is 13.9 Å². The van der Waals surface area contributed by atoms with Gasteiger partial charge in [-0.1, -0.05) is 31.2 Å². The van der Waals surface area contributed by atoms with Crippen LogP contribution in [-0.4, -0.2) is 37.3 Å². The summed E-state index contributed by atoms with van der Waals surface area (Å²) in [5.41, 5.74) is 6.56. The number of benzene rings is 3. The molecule has 0 aliphatic carbocycles. The average molecular weight is 581 g/mol. The van der Waals surface area contributed by atoms with Crippen molar-refractivity contribution in [3.63, 3.8) is 0 Å². The number of nitrogens with zero attached hydrogens (tertiary/aromatic N) is 2. The number of hydrogen-bond donors (Lipinski definition) is 2. The number of allylic oxidation sites excluding steroid dienone is 1. The number of ether oxygens (including phenoxy) is 3. The van der Waals surface area contributed by atoms with Gasteiger partial charge in [-0.2, -0.15) is 0 Å². The number of aromatic nitrogens is 2. The fourth-order valence-electron chi connectivity index (χ4n) is 4.17. The molecule has 0 aliphatic rings. The second-order valence-corrected chi connectivity index (χ2v) is 11.1. The van der Waals surface area contributed by atoms with Crippen LogP contribution >= 0.6 is 0 Å². The van der Waals surface area contributed by atoms with Crippen LogP contribution in [0.4, 0.5) is 5.69 Å². The molecule has 0 saturated heterocycles. The van der Waals surface area contributed by atoms with E-state index in [1.165, 1.54) is 21.3 Å². The lowest BCUT2D eigenvalue weighted by Crippen LogP contribution is -2.19. The van der Waals surface area contributed by atoms with Crippen LogP contribution in [0.1, 0.15) is 26.2 Å². The predicted molar refractivity (Wildman–Crippen MR) is 161 cm³/mol. The van der Waals surface area contributed by atoms with Gasteiger partial charge >= 0.3 is 5.69 Å². The Morgan fingerprint density at radius 2 is 1.59 bits per heavy atom. The lowest BCUT2D eigenvalue weighted by atomic mass is 10.2. The Morgan fingerprint density at radius 1 is 0.902 bits per heavy atom. The van der Waals surface area contributed by atoms with Gasteiger partial charge in [0, 0.05) is 32.3 Å². The van der Waals surface area contributed by atoms with Crippen molar-refractivity contribution in [3.8, 4) is 23.0 Å². The monoisotopic (exact) mass is 580 g/mol. The summed E-state index contributed by atoms with van der Waals surface area (Å²) in [7, 11) is -0.781. The van der Waals surface area contributed by atoms with Gasteiger partial charge in [-0.15, -0.1) is 0 Å². The number of nitrogens with one attached hydrogen (secondary N) is 1. The van der Waals surface area contributed by atoms with Crippen LogP contribution in [0.15, 0.2) is 82.5 Å². The molecule has 1 heterocycles. The average Bonchev–Trinajstić information content (AvgIpc) is 3.17. The van der Waals surface area contributed by atoms with Crippen molar-refractivity contribution in [1.29, 1.82) is 0 Å². The first-order valence-electron chi connectivity index (χ1n) is 13.4. The highest BCUT2D eigenvalue weighted by atomic mass is 32.2. The molecule has 0 bridgehead atoms. The Labute approximate surface area is 240 Å². The zero-order valence-electron chi connectivity index (χ0n) is 23.5. The number of rotatable bonds is 14. The van der Waals surface area contributed by atoms with Gasteiger partial charge in [0.25, 0.3) is 10.0 Å². The summed E-state index contributed by atoms with van der Waals surface area (Å²) in [6.45, 7) is 3.50. The summed E-state index contributed by atoms with van der Waals surface area (Å²) in [5, 5.41) is 0. The Hall–Kier alpha value is -4.22. The molecule has 0 saturated carbocycles. The Morgan fingerprint density at radius 3 is 2.32 bits per heavy atom. The van der Waals surface area contributed by atoms with Crippen molar-refractivity contribution in [1.82, 2.24) is 9.13 Å². The Balaban J connectivity index is 1.65. The van der Waals surface area contributed by atoms with Gasteiger partial charge in [0.05, 0.1) is 28.2 Å². The third-order valence-corrected chi connectivity index (χ3v) is 7.69. The molecule has 0 atom stereocenters. The Bertz CT molecular complexity index is 1690. The lowest BCUT2D eigenvalue weighted by molar-refractivity contribution is 0.316. The van der Waals surface area contributed by atoms with Crippen LogP contribution < -0.4 is 30.4 Å². The van der Waals surface area contributed by atoms with Crippen LogP contribution in [0.25, 0.3) is 11.0 Å². The zero-order chi connectivity index (χ0) is 29.4. The molecule has 0 radical (unpaired) electrons. The molecule has 3 aromatic carbocycles. The quantitative estimate of drug-likeness (QED) is 0.160. The molecule has 0 spiro atoms. The maximum Gasteiger partial charge on any atom is 0.328 e. The van der Waals surface area contributed by atoms with E-state index in [2.05, 4.69) is 4.72 Å². The van der Waals surface area contributed by atoms with Gasteiger partial charge in [0.15, 0.2) is 5.75 Å². The number of fused-ring (bicyclic) bond motifs is 1. The minimum absolute atomic E-state index is 0.0186. The zero-order valence-corrected chi connectivity index (χ0v) is 24.3. The van der Waals surface area contributed by atoms with E-state index in [4.69, 9.17) is 19.9 Å². The van der Waals surface area contributed by atoms with Crippen LogP contribution in [0, 0.1) is 0 Å². The molecule has 0 amide bonds. The van der Waals surface area contributed by atoms with Gasteiger partial charge < -0.3 is 19.9 Å². The van der Waals surface area contributed by atoms with E-state index in [0.29, 0.717) is 48.0 Å². The van der Waals surface area contributed by atoms with Gasteiger partial charge in [-0.05, 0) is 56.1 Å². The molecule has 41 heavy (non-hydrogen) atoms. The van der Waals surface area contributed by atoms with E-state index in [0.717, 1.165) is 19.3 Å². The maximum atomic E-state index is 13.5. The van der Waals surface area contributed by atoms with Crippen molar-refractivity contribution in [2.45, 2.75) is 31.1 Å². The van der Waals surface area contributed by atoms with Crippen LogP contribution in [-0.2, 0) is 24.1 Å². The summed E-state index contributed by atoms with van der Waals surface area (Å²) in [4.78, 5) is 12.6. The fraction of sp³-hybridized carbons (Fsp3) is 0.300. The van der Waals surface area contributed by atoms with Crippen molar-refractivity contribution >= 4 is 26.7 Å². The number of aryl methyl sites for hydroxylation is 2. The number of imidazole rings is 1. The molecule has 218 valence electrons. The summed E-state index contributed by atoms with van der Waals surface area (Å²) in [6.07, 6.45) is 6.46. The highest BCUT2D eigenvalue weighted by Crippen LogP contribution is 2.36. The molecule has 3 N–H and O–H groups in total. The molecule has 0 fully saturated rings. The molecule has 0 unspecified atom stereocenters. The largest absolute Gasteiger partial charge is 0.493 e. The molecule has 11 heteroatoms. The highest BCUT2D eigenvalue weighted by molar-refractivity contribution is 7.92. The minimum atomic E-state index is -4.06. The first-order valence-corrected chi connectivity index (χ1v) is 14.9. The molecule has 10 nitrogen and oxygen atoms in total. The second kappa shape index (κ2) is 13.4. The summed E-state index contributed by atoms with van der Waals surface area (Å²) in [6, 6.07) is 16.6. The van der Waals surface area contributed by atoms with E-state index in [1.807, 2.05) is 25.1 Å². The fourth-order valence-corrected chi connectivity index (χ4v) is 5.26. The van der Waals surface area contributed by atoms with Gasteiger partial charge in [-0.25, -0.2) is 13.2 Å². The molecule has 1 aromatic heterocycles. The molecule has 4 rings (SSSR count). The molecular formula is C30H36N4O6S. The van der Waals surface area contributed by atoms with E-state index in [9.17, 15) is 13.2 Å². The third-order valence-electron chi connectivity index (χ3n) is 6.33. The van der Waals surface area contributed by atoms with Crippen molar-refractivity contribution < 1.29 is 22.6 Å². The highest BCUT2D eigenvalue weighted by Gasteiger charge is 2.21. The van der Waals surface area contributed by atoms with E-state index in [-0.39, 0.29) is 22.0 Å². The normalized spacial score (nSPS) is 11.7. The van der Waals surface area contributed by atoms with Gasteiger partial charge in [0.2, 0.25) is 0 Å². The predicted octanol–water partition coefficient (Wildman–Crippen LogP) is 4.93. The first-order chi connectivity index (χ1) is 19.7. The molecule has 4 aromatic rings. The summed E-state index contributed by atoms with van der Waals surface area (Å²) < 4.78 is 50.2. The van der Waals surface area contributed by atoms with Crippen molar-refractivity contribution in [3.05, 3.63) is 83.3 Å². The van der Waals surface area contributed by atoms with Crippen LogP contribution in [0.2, 0.25) is 0 Å². The van der Waals surface area contributed by atoms with Crippen LogP contribution in [0.5, 0.6) is 23.0 Å². The standard InChI is InChI=1S/C30H36N4O6S/c1-4-16-38-22-11-9-13-24(18-22)40-29-21-28-27(33(2)30(35)34(28)3)20-26(29)32-41(36,37)25-14-10-12-23(19-25)39-17-8-6-5-7-15-31/h6,8-14,18-21,32H,4-5,7,15-17,31H2,1-3H3. The summed E-state index contributed by atoms with van der Waals surface area (Å²) in [5.74, 6) is 1.72. The van der Waals surface area contributed by atoms with Crippen LogP contribution in [0.3, 0.4) is 0 Å². The van der Waals surface area contributed by atoms with E-state index < -0.39 is 10.0 Å². The Kier molecular flexibility index (Phi) is 9.74. The second-order valence-electron chi connectivity index (χ2n) is 9.46. The van der Waals surface area contributed by atoms with Crippen molar-refractivity contribution in [2.24, 2.45) is 19.8 Å². The molecular weight excluding hydrogens is 544 g/mol. The maximum absolute atomic E-state index is 13.5. The SMILES string of the molecule is CCCOc1cccc(Oc2cc3c(cc2NS(=O)(=O)c2cccc(OCC=CCCCN)c2)n(C)c(=O)n3C)c1. The third kappa shape index (κ3) is 7.30. The van der Waals surface area contributed by atoms with Crippen molar-refractivity contribution in [2.75, 3.05) is 24.5 Å². The number of hydrogen-bond acceptors (Lipinski definition) is 7. The smallest absolute Gasteiger partial charge is 0.328 e.